The lowest BCUT2D eigenvalue weighted by atomic mass is 10.1. The van der Waals surface area contributed by atoms with E-state index in [4.69, 9.17) is 5.11 Å². The first-order valence-corrected chi connectivity index (χ1v) is 7.13. The van der Waals surface area contributed by atoms with Gasteiger partial charge in [-0.25, -0.2) is 9.59 Å². The topological polar surface area (TPSA) is 86.7 Å². The van der Waals surface area contributed by atoms with Gasteiger partial charge in [-0.1, -0.05) is 12.1 Å². The Labute approximate surface area is 120 Å². The first kappa shape index (κ1) is 14.4. The molecule has 1 atom stereocenters. The molecule has 20 heavy (non-hydrogen) atoms. The van der Waals surface area contributed by atoms with Gasteiger partial charge in [0.2, 0.25) is 0 Å². The second-order valence-corrected chi connectivity index (χ2v) is 5.39. The number of urea groups is 1. The predicted molar refractivity (Wildman–Crippen MR) is 76.1 cm³/mol. The number of benzene rings is 1. The van der Waals surface area contributed by atoms with Crippen molar-refractivity contribution in [1.29, 1.82) is 0 Å². The maximum atomic E-state index is 12.1. The molecule has 0 saturated carbocycles. The molecule has 1 aliphatic rings. The largest absolute Gasteiger partial charge is 0.480 e. The zero-order valence-corrected chi connectivity index (χ0v) is 11.6. The van der Waals surface area contributed by atoms with Gasteiger partial charge in [0, 0.05) is 17.0 Å². The summed E-state index contributed by atoms with van der Waals surface area (Å²) in [5, 5.41) is 11.7. The van der Waals surface area contributed by atoms with Crippen LogP contribution in [0.4, 0.5) is 10.5 Å². The summed E-state index contributed by atoms with van der Waals surface area (Å²) in [6, 6.07) is 5.27. The summed E-state index contributed by atoms with van der Waals surface area (Å²) in [5.41, 5.74) is 0.970. The molecule has 2 amide bonds. The van der Waals surface area contributed by atoms with Gasteiger partial charge in [0.05, 0.1) is 5.88 Å². The fourth-order valence-electron chi connectivity index (χ4n) is 1.86. The Balaban J connectivity index is 2.09. The van der Waals surface area contributed by atoms with Crippen LogP contribution in [0.25, 0.3) is 0 Å². The zero-order valence-electron chi connectivity index (χ0n) is 10.8. The molecule has 1 aliphatic heterocycles. The number of amides is 2. The number of carboxylic acids is 1. The third-order valence-electron chi connectivity index (χ3n) is 2.95. The minimum absolute atomic E-state index is 0.0961. The Hall–Kier alpha value is -2.02. The van der Waals surface area contributed by atoms with Crippen LogP contribution in [-0.4, -0.2) is 45.5 Å². The molecule has 6 nitrogen and oxygen atoms in total. The van der Waals surface area contributed by atoms with Gasteiger partial charge in [-0.2, -0.15) is 0 Å². The number of aliphatic carboxylic acids is 1. The number of hydrogen-bond donors (Lipinski definition) is 2. The minimum atomic E-state index is -1.01. The summed E-state index contributed by atoms with van der Waals surface area (Å²) in [7, 11) is 0. The molecule has 1 aromatic rings. The quantitative estimate of drug-likeness (QED) is 0.831. The lowest BCUT2D eigenvalue weighted by Crippen LogP contribution is -2.43. The van der Waals surface area contributed by atoms with Gasteiger partial charge in [0.25, 0.3) is 0 Å². The molecule has 0 bridgehead atoms. The van der Waals surface area contributed by atoms with Crippen LogP contribution in [0, 0.1) is 0 Å². The SMILES string of the molecule is CC(=O)c1cccc(NC(=O)N2CSC[C@H]2C(=O)O)c1. The number of rotatable bonds is 3. The van der Waals surface area contributed by atoms with Crippen molar-refractivity contribution in [2.24, 2.45) is 0 Å². The lowest BCUT2D eigenvalue weighted by Gasteiger charge is -2.21. The van der Waals surface area contributed by atoms with Gasteiger partial charge in [-0.3, -0.25) is 4.79 Å². The Morgan fingerprint density at radius 2 is 2.15 bits per heavy atom. The summed E-state index contributed by atoms with van der Waals surface area (Å²) >= 11 is 1.40. The van der Waals surface area contributed by atoms with Crippen molar-refractivity contribution in [1.82, 2.24) is 4.90 Å². The van der Waals surface area contributed by atoms with Crippen molar-refractivity contribution >= 4 is 35.2 Å². The van der Waals surface area contributed by atoms with Crippen LogP contribution in [-0.2, 0) is 4.79 Å². The first-order chi connectivity index (χ1) is 9.49. The number of carbonyl (C=O) groups is 3. The minimum Gasteiger partial charge on any atom is -0.480 e. The number of anilines is 1. The van der Waals surface area contributed by atoms with E-state index in [2.05, 4.69) is 5.32 Å². The van der Waals surface area contributed by atoms with Gasteiger partial charge < -0.3 is 15.3 Å². The van der Waals surface area contributed by atoms with Gasteiger partial charge in [0.1, 0.15) is 6.04 Å². The molecule has 106 valence electrons. The van der Waals surface area contributed by atoms with E-state index in [1.165, 1.54) is 23.6 Å². The monoisotopic (exact) mass is 294 g/mol. The molecule has 1 heterocycles. The molecule has 0 radical (unpaired) electrons. The van der Waals surface area contributed by atoms with Gasteiger partial charge in [0.15, 0.2) is 5.78 Å². The number of nitrogens with one attached hydrogen (secondary N) is 1. The Kier molecular flexibility index (Phi) is 4.29. The van der Waals surface area contributed by atoms with E-state index in [0.29, 0.717) is 22.9 Å². The molecular weight excluding hydrogens is 280 g/mol. The van der Waals surface area contributed by atoms with Crippen LogP contribution in [0.1, 0.15) is 17.3 Å². The fraction of sp³-hybridized carbons (Fsp3) is 0.308. The highest BCUT2D eigenvalue weighted by Gasteiger charge is 2.34. The molecule has 0 aliphatic carbocycles. The standard InChI is InChI=1S/C13H14N2O4S/c1-8(16)9-3-2-4-10(5-9)14-13(19)15-7-20-6-11(15)12(17)18/h2-5,11H,6-7H2,1H3,(H,14,19)(H,17,18)/t11-/m0/s1. The molecule has 7 heteroatoms. The van der Waals surface area contributed by atoms with Gasteiger partial charge in [-0.05, 0) is 19.1 Å². The highest BCUT2D eigenvalue weighted by molar-refractivity contribution is 7.99. The molecule has 0 spiro atoms. The third-order valence-corrected chi connectivity index (χ3v) is 3.96. The van der Waals surface area contributed by atoms with Crippen molar-refractivity contribution in [2.45, 2.75) is 13.0 Å². The molecular formula is C13H14N2O4S. The second-order valence-electron chi connectivity index (χ2n) is 4.39. The molecule has 1 aromatic carbocycles. The predicted octanol–water partition coefficient (Wildman–Crippen LogP) is 1.88. The van der Waals surface area contributed by atoms with Crippen LogP contribution in [0.3, 0.4) is 0 Å². The number of Topliss-reactive ketones (excluding diaryl/α,β-unsaturated/α-hetero) is 1. The Morgan fingerprint density at radius 1 is 1.40 bits per heavy atom. The van der Waals surface area contributed by atoms with Crippen molar-refractivity contribution in [3.8, 4) is 0 Å². The zero-order chi connectivity index (χ0) is 14.7. The average Bonchev–Trinajstić information content (AvgIpc) is 2.88. The van der Waals surface area contributed by atoms with Crippen LogP contribution in [0.15, 0.2) is 24.3 Å². The fourth-order valence-corrected chi connectivity index (χ4v) is 3.00. The number of thioether (sulfide) groups is 1. The van der Waals surface area contributed by atoms with Gasteiger partial charge in [-0.15, -0.1) is 11.8 Å². The van der Waals surface area contributed by atoms with Gasteiger partial charge >= 0.3 is 12.0 Å². The average molecular weight is 294 g/mol. The molecule has 1 fully saturated rings. The smallest absolute Gasteiger partial charge is 0.327 e. The van der Waals surface area contributed by atoms with Crippen LogP contribution >= 0.6 is 11.8 Å². The van der Waals surface area contributed by atoms with Crippen molar-refractivity contribution < 1.29 is 19.5 Å². The number of carbonyl (C=O) groups excluding carboxylic acids is 2. The molecule has 1 saturated heterocycles. The van der Waals surface area contributed by atoms with Crippen molar-refractivity contribution in [3.63, 3.8) is 0 Å². The maximum absolute atomic E-state index is 12.1. The third kappa shape index (κ3) is 3.11. The lowest BCUT2D eigenvalue weighted by molar-refractivity contribution is -0.140. The second kappa shape index (κ2) is 5.96. The van der Waals surface area contributed by atoms with Crippen LogP contribution in [0.5, 0.6) is 0 Å². The van der Waals surface area contributed by atoms with Crippen LogP contribution < -0.4 is 5.32 Å². The number of nitrogens with zero attached hydrogens (tertiary/aromatic N) is 1. The molecule has 2 rings (SSSR count). The first-order valence-electron chi connectivity index (χ1n) is 5.98. The van der Waals surface area contributed by atoms with Crippen LogP contribution in [0.2, 0.25) is 0 Å². The Bertz CT molecular complexity index is 561. The van der Waals surface area contributed by atoms with E-state index in [9.17, 15) is 14.4 Å². The summed E-state index contributed by atoms with van der Waals surface area (Å²) in [4.78, 5) is 35.6. The highest BCUT2D eigenvalue weighted by atomic mass is 32.2. The van der Waals surface area contributed by atoms with E-state index in [1.54, 1.807) is 24.3 Å². The summed E-state index contributed by atoms with van der Waals surface area (Å²) in [5.74, 6) is -0.380. The summed E-state index contributed by atoms with van der Waals surface area (Å²) < 4.78 is 0. The normalized spacial score (nSPS) is 17.9. The highest BCUT2D eigenvalue weighted by Crippen LogP contribution is 2.22. The maximum Gasteiger partial charge on any atom is 0.327 e. The summed E-state index contributed by atoms with van der Waals surface area (Å²) in [6.07, 6.45) is 0. The number of ketones is 1. The molecule has 0 aromatic heterocycles. The van der Waals surface area contributed by atoms with Crippen molar-refractivity contribution in [3.05, 3.63) is 29.8 Å². The summed E-state index contributed by atoms with van der Waals surface area (Å²) in [6.45, 7) is 1.44. The Morgan fingerprint density at radius 3 is 2.80 bits per heavy atom. The molecule has 0 unspecified atom stereocenters. The van der Waals surface area contributed by atoms with E-state index < -0.39 is 18.0 Å². The van der Waals surface area contributed by atoms with E-state index in [0.717, 1.165) is 0 Å². The number of hydrogen-bond acceptors (Lipinski definition) is 4. The molecule has 2 N–H and O–H groups in total. The van der Waals surface area contributed by atoms with E-state index >= 15 is 0 Å². The van der Waals surface area contributed by atoms with Crippen molar-refractivity contribution in [2.75, 3.05) is 16.9 Å². The van der Waals surface area contributed by atoms with E-state index in [1.807, 2.05) is 0 Å². The number of carboxylic acid groups (broad SMARTS) is 1. The van der Waals surface area contributed by atoms with E-state index in [-0.39, 0.29) is 5.78 Å².